The molecule has 2 saturated carbocycles. The van der Waals surface area contributed by atoms with Crippen LogP contribution in [0.1, 0.15) is 48.3 Å². The highest BCUT2D eigenvalue weighted by molar-refractivity contribution is 5.81. The van der Waals surface area contributed by atoms with Crippen molar-refractivity contribution in [2.24, 2.45) is 5.92 Å². The first-order valence-corrected chi connectivity index (χ1v) is 9.16. The van der Waals surface area contributed by atoms with E-state index in [-0.39, 0.29) is 23.5 Å². The third-order valence-electron chi connectivity index (χ3n) is 6.34. The average molecular weight is 342 g/mol. The molecule has 5 nitrogen and oxygen atoms in total. The molecule has 134 valence electrons. The number of nitrogens with one attached hydrogen (secondary N) is 1. The fourth-order valence-corrected chi connectivity index (χ4v) is 4.68. The van der Waals surface area contributed by atoms with Crippen molar-refractivity contribution in [1.29, 1.82) is 0 Å². The van der Waals surface area contributed by atoms with Crippen molar-refractivity contribution in [3.63, 3.8) is 0 Å². The Morgan fingerprint density at radius 1 is 1.28 bits per heavy atom. The molecule has 1 aliphatic heterocycles. The zero-order valence-corrected chi connectivity index (χ0v) is 15.2. The standard InChI is InChI=1S/C20H26N2O3/c1-12-4-5-17(13(2)6-12)14-7-16(8-14)22(3)18(23)15-9-20(10-15)11-25-19(24)21-20/h4-6,14-16H,7-11H2,1-3H3,(H,21,24). The molecule has 4 rings (SSSR count). The number of rotatable bonds is 3. The van der Waals surface area contributed by atoms with Crippen molar-refractivity contribution < 1.29 is 14.3 Å². The van der Waals surface area contributed by atoms with Crippen LogP contribution in [0.4, 0.5) is 4.79 Å². The van der Waals surface area contributed by atoms with E-state index in [1.807, 2.05) is 11.9 Å². The Bertz CT molecular complexity index is 718. The fourth-order valence-electron chi connectivity index (χ4n) is 4.68. The maximum atomic E-state index is 12.7. The maximum absolute atomic E-state index is 12.7. The molecular weight excluding hydrogens is 316 g/mol. The van der Waals surface area contributed by atoms with Gasteiger partial charge in [0, 0.05) is 19.0 Å². The second kappa shape index (κ2) is 5.75. The van der Waals surface area contributed by atoms with E-state index in [0.29, 0.717) is 31.4 Å². The first-order valence-electron chi connectivity index (χ1n) is 9.16. The van der Waals surface area contributed by atoms with Crippen molar-refractivity contribution in [2.45, 2.75) is 57.0 Å². The molecule has 3 aliphatic rings. The number of hydrogen-bond acceptors (Lipinski definition) is 3. The van der Waals surface area contributed by atoms with Gasteiger partial charge in [-0.3, -0.25) is 4.79 Å². The van der Waals surface area contributed by atoms with E-state index in [0.717, 1.165) is 12.8 Å². The Morgan fingerprint density at radius 3 is 2.60 bits per heavy atom. The van der Waals surface area contributed by atoms with Crippen molar-refractivity contribution in [3.8, 4) is 0 Å². The highest BCUT2D eigenvalue weighted by atomic mass is 16.6. The highest BCUT2D eigenvalue weighted by Crippen LogP contribution is 2.44. The van der Waals surface area contributed by atoms with Crippen LogP contribution in [0.2, 0.25) is 0 Å². The molecule has 1 saturated heterocycles. The normalized spacial score (nSPS) is 33.2. The van der Waals surface area contributed by atoms with Crippen LogP contribution in [0, 0.1) is 19.8 Å². The molecule has 1 aromatic rings. The molecule has 25 heavy (non-hydrogen) atoms. The van der Waals surface area contributed by atoms with Crippen LogP contribution < -0.4 is 5.32 Å². The lowest BCUT2D eigenvalue weighted by Crippen LogP contribution is -2.59. The van der Waals surface area contributed by atoms with Gasteiger partial charge in [0.25, 0.3) is 0 Å². The second-order valence-corrected chi connectivity index (χ2v) is 8.22. The van der Waals surface area contributed by atoms with E-state index in [9.17, 15) is 9.59 Å². The Kier molecular flexibility index (Phi) is 3.78. The lowest BCUT2D eigenvalue weighted by atomic mass is 9.67. The first-order chi connectivity index (χ1) is 11.9. The van der Waals surface area contributed by atoms with E-state index in [1.165, 1.54) is 16.7 Å². The lowest BCUT2D eigenvalue weighted by molar-refractivity contribution is -0.143. The van der Waals surface area contributed by atoms with Crippen LogP contribution in [-0.2, 0) is 9.53 Å². The minimum atomic E-state index is -0.352. The molecule has 0 aromatic heterocycles. The number of amides is 2. The van der Waals surface area contributed by atoms with Crippen LogP contribution in [0.5, 0.6) is 0 Å². The lowest BCUT2D eigenvalue weighted by Gasteiger charge is -2.47. The van der Waals surface area contributed by atoms with Crippen LogP contribution in [0.25, 0.3) is 0 Å². The maximum Gasteiger partial charge on any atom is 0.407 e. The van der Waals surface area contributed by atoms with Crippen molar-refractivity contribution in [2.75, 3.05) is 13.7 Å². The van der Waals surface area contributed by atoms with E-state index >= 15 is 0 Å². The monoisotopic (exact) mass is 342 g/mol. The third-order valence-corrected chi connectivity index (χ3v) is 6.34. The van der Waals surface area contributed by atoms with Crippen molar-refractivity contribution in [1.82, 2.24) is 10.2 Å². The summed E-state index contributed by atoms with van der Waals surface area (Å²) < 4.78 is 4.99. The Balaban J connectivity index is 1.31. The van der Waals surface area contributed by atoms with Crippen LogP contribution in [-0.4, -0.2) is 42.1 Å². The van der Waals surface area contributed by atoms with E-state index in [2.05, 4.69) is 37.4 Å². The molecule has 0 bridgehead atoms. The molecule has 5 heteroatoms. The molecule has 1 N–H and O–H groups in total. The molecule has 1 aromatic carbocycles. The number of alkyl carbamates (subject to hydrolysis) is 1. The molecule has 0 unspecified atom stereocenters. The molecular formula is C20H26N2O3. The van der Waals surface area contributed by atoms with Gasteiger partial charge < -0.3 is 15.0 Å². The van der Waals surface area contributed by atoms with Gasteiger partial charge in [0.1, 0.15) is 6.61 Å². The number of benzene rings is 1. The van der Waals surface area contributed by atoms with Crippen LogP contribution in [0.3, 0.4) is 0 Å². The first kappa shape index (κ1) is 16.4. The van der Waals surface area contributed by atoms with Gasteiger partial charge in [-0.25, -0.2) is 4.79 Å². The van der Waals surface area contributed by atoms with Crippen molar-refractivity contribution >= 4 is 12.0 Å². The molecule has 0 radical (unpaired) electrons. The summed E-state index contributed by atoms with van der Waals surface area (Å²) in [7, 11) is 1.93. The van der Waals surface area contributed by atoms with Gasteiger partial charge in [-0.1, -0.05) is 23.8 Å². The summed E-state index contributed by atoms with van der Waals surface area (Å²) >= 11 is 0. The third kappa shape index (κ3) is 2.79. The summed E-state index contributed by atoms with van der Waals surface area (Å²) in [4.78, 5) is 25.9. The number of nitrogens with zero attached hydrogens (tertiary/aromatic N) is 1. The van der Waals surface area contributed by atoms with Crippen LogP contribution in [0.15, 0.2) is 18.2 Å². The van der Waals surface area contributed by atoms with E-state index in [1.54, 1.807) is 0 Å². The minimum Gasteiger partial charge on any atom is -0.447 e. The second-order valence-electron chi connectivity index (χ2n) is 8.22. The summed E-state index contributed by atoms with van der Waals surface area (Å²) in [6.45, 7) is 4.70. The zero-order valence-electron chi connectivity index (χ0n) is 15.2. The molecule has 2 aliphatic carbocycles. The number of aryl methyl sites for hydroxylation is 2. The topological polar surface area (TPSA) is 58.6 Å². The predicted molar refractivity (Wildman–Crippen MR) is 94.4 cm³/mol. The largest absolute Gasteiger partial charge is 0.447 e. The predicted octanol–water partition coefficient (Wildman–Crippen LogP) is 2.90. The van der Waals surface area contributed by atoms with Gasteiger partial charge >= 0.3 is 6.09 Å². The Morgan fingerprint density at radius 2 is 2.00 bits per heavy atom. The van der Waals surface area contributed by atoms with Gasteiger partial charge in [0.2, 0.25) is 5.91 Å². The quantitative estimate of drug-likeness (QED) is 0.919. The minimum absolute atomic E-state index is 0.0205. The van der Waals surface area contributed by atoms with E-state index < -0.39 is 0 Å². The SMILES string of the molecule is Cc1ccc(C2CC(N(C)C(=O)C3CC4(COC(=O)N4)C3)C2)c(C)c1. The summed E-state index contributed by atoms with van der Waals surface area (Å²) in [6, 6.07) is 7.00. The van der Waals surface area contributed by atoms with Gasteiger partial charge in [0.15, 0.2) is 0 Å². The molecule has 0 atom stereocenters. The summed E-state index contributed by atoms with van der Waals surface area (Å²) in [6.07, 6.45) is 3.15. The zero-order chi connectivity index (χ0) is 17.8. The molecule has 3 fully saturated rings. The Hall–Kier alpha value is -2.04. The fraction of sp³-hybridized carbons (Fsp3) is 0.600. The Labute approximate surface area is 148 Å². The molecule has 2 amide bonds. The van der Waals surface area contributed by atoms with Gasteiger partial charge in [0.05, 0.1) is 5.54 Å². The number of ether oxygens (including phenoxy) is 1. The van der Waals surface area contributed by atoms with Crippen molar-refractivity contribution in [3.05, 3.63) is 34.9 Å². The highest BCUT2D eigenvalue weighted by Gasteiger charge is 2.53. The number of carbonyl (C=O) groups excluding carboxylic acids is 2. The smallest absolute Gasteiger partial charge is 0.407 e. The summed E-state index contributed by atoms with van der Waals surface area (Å²) in [5.74, 6) is 0.805. The number of carbonyl (C=O) groups is 2. The molecule has 1 heterocycles. The summed E-state index contributed by atoms with van der Waals surface area (Å²) in [5, 5.41) is 2.86. The number of hydrogen-bond donors (Lipinski definition) is 1. The summed E-state index contributed by atoms with van der Waals surface area (Å²) in [5.41, 5.74) is 3.80. The average Bonchev–Trinajstić information content (AvgIpc) is 2.88. The van der Waals surface area contributed by atoms with Gasteiger partial charge in [-0.05, 0) is 56.6 Å². The number of cyclic esters (lactones) is 1. The van der Waals surface area contributed by atoms with Crippen LogP contribution >= 0.6 is 0 Å². The van der Waals surface area contributed by atoms with Gasteiger partial charge in [-0.15, -0.1) is 0 Å². The van der Waals surface area contributed by atoms with Gasteiger partial charge in [-0.2, -0.15) is 0 Å². The molecule has 1 spiro atoms. The van der Waals surface area contributed by atoms with E-state index in [4.69, 9.17) is 4.74 Å².